The molecule has 0 fully saturated rings. The number of allylic oxidation sites excluding steroid dienone is 1. The standard InChI is InChI=1S/C27H25N3O5/c1-34-24-12-9-17(15-25(24)35-2)18-13-22-26(23(31)14-18)27(16-7-10-19(11-8-16)30(32)33)29-21-6-4-3-5-20(21)28-22/h3-12,15,18,27-29H,13-14H2,1-2H3. The molecule has 2 N–H and O–H groups in total. The van der Waals surface area contributed by atoms with Crippen molar-refractivity contribution in [2.45, 2.75) is 24.8 Å². The minimum atomic E-state index is -0.430. The molecule has 0 saturated heterocycles. The maximum Gasteiger partial charge on any atom is 0.269 e. The Bertz CT molecular complexity index is 1330. The molecule has 0 spiro atoms. The van der Waals surface area contributed by atoms with Gasteiger partial charge in [-0.2, -0.15) is 0 Å². The molecule has 1 heterocycles. The lowest BCUT2D eigenvalue weighted by Crippen LogP contribution is -2.26. The van der Waals surface area contributed by atoms with Gasteiger partial charge in [-0.15, -0.1) is 0 Å². The first-order valence-electron chi connectivity index (χ1n) is 11.3. The van der Waals surface area contributed by atoms with E-state index in [4.69, 9.17) is 9.47 Å². The lowest BCUT2D eigenvalue weighted by Gasteiger charge is -2.30. The highest BCUT2D eigenvalue weighted by atomic mass is 16.6. The molecule has 2 unspecified atom stereocenters. The molecule has 0 radical (unpaired) electrons. The van der Waals surface area contributed by atoms with Crippen molar-refractivity contribution in [2.24, 2.45) is 0 Å². The fraction of sp³-hybridized carbons (Fsp3) is 0.222. The fourth-order valence-corrected chi connectivity index (χ4v) is 4.87. The molecular weight excluding hydrogens is 446 g/mol. The molecule has 2 aliphatic rings. The number of carbonyl (C=O) groups excluding carboxylic acids is 1. The molecule has 3 aromatic rings. The van der Waals surface area contributed by atoms with Crippen LogP contribution in [0.4, 0.5) is 17.1 Å². The van der Waals surface area contributed by atoms with Crippen LogP contribution in [0.2, 0.25) is 0 Å². The third kappa shape index (κ3) is 4.19. The number of rotatable bonds is 5. The highest BCUT2D eigenvalue weighted by Gasteiger charge is 2.36. The van der Waals surface area contributed by atoms with Gasteiger partial charge in [0, 0.05) is 29.8 Å². The largest absolute Gasteiger partial charge is 0.493 e. The molecule has 3 aromatic carbocycles. The molecule has 35 heavy (non-hydrogen) atoms. The minimum absolute atomic E-state index is 0.0126. The number of nitrogens with zero attached hydrogens (tertiary/aromatic N) is 1. The summed E-state index contributed by atoms with van der Waals surface area (Å²) in [5.41, 5.74) is 5.05. The van der Waals surface area contributed by atoms with E-state index >= 15 is 0 Å². The predicted octanol–water partition coefficient (Wildman–Crippen LogP) is 5.59. The molecule has 1 aliphatic heterocycles. The van der Waals surface area contributed by atoms with Crippen LogP contribution in [0.25, 0.3) is 0 Å². The predicted molar refractivity (Wildman–Crippen MR) is 133 cm³/mol. The van der Waals surface area contributed by atoms with Crippen LogP contribution in [-0.2, 0) is 4.79 Å². The number of ether oxygens (including phenoxy) is 2. The SMILES string of the molecule is COc1ccc(C2CC(=O)C3=C(C2)Nc2ccccc2NC3c2ccc([N+](=O)[O-])cc2)cc1OC. The quantitative estimate of drug-likeness (QED) is 0.369. The molecule has 0 bridgehead atoms. The molecule has 1 aliphatic carbocycles. The second kappa shape index (κ2) is 9.13. The number of ketones is 1. The Labute approximate surface area is 202 Å². The molecule has 5 rings (SSSR count). The third-order valence-corrected chi connectivity index (χ3v) is 6.63. The van der Waals surface area contributed by atoms with E-state index in [0.29, 0.717) is 29.9 Å². The van der Waals surface area contributed by atoms with Gasteiger partial charge in [-0.3, -0.25) is 14.9 Å². The van der Waals surface area contributed by atoms with Crippen LogP contribution in [0, 0.1) is 10.1 Å². The zero-order valence-corrected chi connectivity index (χ0v) is 19.4. The van der Waals surface area contributed by atoms with Gasteiger partial charge < -0.3 is 20.1 Å². The normalized spacial score (nSPS) is 19.0. The molecule has 0 saturated carbocycles. The Hall–Kier alpha value is -4.33. The number of nitro benzene ring substituents is 1. The summed E-state index contributed by atoms with van der Waals surface area (Å²) >= 11 is 0. The van der Waals surface area contributed by atoms with Crippen LogP contribution in [-0.4, -0.2) is 24.9 Å². The number of non-ortho nitro benzene ring substituents is 1. The van der Waals surface area contributed by atoms with Gasteiger partial charge in [0.05, 0.1) is 36.6 Å². The molecule has 8 heteroatoms. The van der Waals surface area contributed by atoms with Gasteiger partial charge in [-0.05, 0) is 59.9 Å². The Kier molecular flexibility index (Phi) is 5.86. The average Bonchev–Trinajstić information content (AvgIpc) is 3.05. The van der Waals surface area contributed by atoms with Crippen molar-refractivity contribution >= 4 is 22.8 Å². The number of benzene rings is 3. The smallest absolute Gasteiger partial charge is 0.269 e. The summed E-state index contributed by atoms with van der Waals surface area (Å²) in [5.74, 6) is 1.27. The number of nitro groups is 1. The summed E-state index contributed by atoms with van der Waals surface area (Å²) in [6, 6.07) is 19.5. The molecule has 2 atom stereocenters. The van der Waals surface area contributed by atoms with Crippen LogP contribution in [0.3, 0.4) is 0 Å². The van der Waals surface area contributed by atoms with Crippen molar-refractivity contribution in [3.63, 3.8) is 0 Å². The van der Waals surface area contributed by atoms with E-state index in [-0.39, 0.29) is 17.4 Å². The molecular formula is C27H25N3O5. The first-order chi connectivity index (χ1) is 17.0. The number of anilines is 2. The summed E-state index contributed by atoms with van der Waals surface area (Å²) in [4.78, 5) is 24.4. The Morgan fingerprint density at radius 1 is 0.886 bits per heavy atom. The van der Waals surface area contributed by atoms with E-state index in [2.05, 4.69) is 10.6 Å². The van der Waals surface area contributed by atoms with Gasteiger partial charge in [0.25, 0.3) is 5.69 Å². The lowest BCUT2D eigenvalue weighted by atomic mass is 9.78. The van der Waals surface area contributed by atoms with Gasteiger partial charge in [0.15, 0.2) is 17.3 Å². The fourth-order valence-electron chi connectivity index (χ4n) is 4.87. The van der Waals surface area contributed by atoms with Gasteiger partial charge in [-0.1, -0.05) is 18.2 Å². The van der Waals surface area contributed by atoms with E-state index in [0.717, 1.165) is 28.2 Å². The van der Waals surface area contributed by atoms with Crippen LogP contribution in [0.1, 0.15) is 35.9 Å². The number of nitrogens with one attached hydrogen (secondary N) is 2. The number of fused-ring (bicyclic) bond motifs is 1. The summed E-state index contributed by atoms with van der Waals surface area (Å²) in [6.45, 7) is 0. The minimum Gasteiger partial charge on any atom is -0.493 e. The van der Waals surface area contributed by atoms with Gasteiger partial charge in [-0.25, -0.2) is 0 Å². The monoisotopic (exact) mass is 471 g/mol. The van der Waals surface area contributed by atoms with Crippen molar-refractivity contribution in [1.29, 1.82) is 0 Å². The maximum atomic E-state index is 13.7. The topological polar surface area (TPSA) is 103 Å². The number of para-hydroxylation sites is 2. The first kappa shape index (κ1) is 22.5. The van der Waals surface area contributed by atoms with Gasteiger partial charge in [0.1, 0.15) is 0 Å². The molecule has 0 amide bonds. The molecule has 0 aromatic heterocycles. The number of carbonyl (C=O) groups is 1. The summed E-state index contributed by atoms with van der Waals surface area (Å²) in [7, 11) is 3.19. The lowest BCUT2D eigenvalue weighted by molar-refractivity contribution is -0.384. The van der Waals surface area contributed by atoms with E-state index < -0.39 is 11.0 Å². The maximum absolute atomic E-state index is 13.7. The van der Waals surface area contributed by atoms with Crippen molar-refractivity contribution in [3.8, 4) is 11.5 Å². The van der Waals surface area contributed by atoms with Crippen LogP contribution >= 0.6 is 0 Å². The number of hydrogen-bond acceptors (Lipinski definition) is 7. The molecule has 8 nitrogen and oxygen atoms in total. The van der Waals surface area contributed by atoms with Crippen molar-refractivity contribution < 1.29 is 19.2 Å². The van der Waals surface area contributed by atoms with Crippen molar-refractivity contribution in [2.75, 3.05) is 24.9 Å². The van der Waals surface area contributed by atoms with E-state index in [9.17, 15) is 14.9 Å². The van der Waals surface area contributed by atoms with Gasteiger partial charge in [0.2, 0.25) is 0 Å². The number of hydrogen-bond donors (Lipinski definition) is 2. The Morgan fingerprint density at radius 3 is 2.26 bits per heavy atom. The Balaban J connectivity index is 1.57. The van der Waals surface area contributed by atoms with Gasteiger partial charge >= 0.3 is 0 Å². The second-order valence-corrected chi connectivity index (χ2v) is 8.63. The number of Topliss-reactive ketones (excluding diaryl/α,β-unsaturated/α-hetero) is 1. The highest BCUT2D eigenvalue weighted by molar-refractivity contribution is 6.01. The summed E-state index contributed by atoms with van der Waals surface area (Å²) in [6.07, 6.45) is 0.980. The second-order valence-electron chi connectivity index (χ2n) is 8.63. The third-order valence-electron chi connectivity index (χ3n) is 6.63. The summed E-state index contributed by atoms with van der Waals surface area (Å²) < 4.78 is 10.8. The van der Waals surface area contributed by atoms with Crippen LogP contribution in [0.5, 0.6) is 11.5 Å². The van der Waals surface area contributed by atoms with E-state index in [1.54, 1.807) is 26.4 Å². The van der Waals surface area contributed by atoms with E-state index in [1.807, 2.05) is 42.5 Å². The van der Waals surface area contributed by atoms with E-state index in [1.165, 1.54) is 12.1 Å². The first-order valence-corrected chi connectivity index (χ1v) is 11.3. The Morgan fingerprint density at radius 2 is 1.57 bits per heavy atom. The van der Waals surface area contributed by atoms with Crippen molar-refractivity contribution in [1.82, 2.24) is 0 Å². The van der Waals surface area contributed by atoms with Crippen molar-refractivity contribution in [3.05, 3.63) is 99.2 Å². The number of methoxy groups -OCH3 is 2. The zero-order chi connectivity index (χ0) is 24.5. The molecule has 178 valence electrons. The van der Waals surface area contributed by atoms with Crippen LogP contribution in [0.15, 0.2) is 78.0 Å². The van der Waals surface area contributed by atoms with Crippen LogP contribution < -0.4 is 20.1 Å². The highest BCUT2D eigenvalue weighted by Crippen LogP contribution is 2.45. The average molecular weight is 472 g/mol. The zero-order valence-electron chi connectivity index (χ0n) is 19.4. The summed E-state index contributed by atoms with van der Waals surface area (Å²) in [5, 5.41) is 18.1.